The predicted molar refractivity (Wildman–Crippen MR) is 61.7 cm³/mol. The van der Waals surface area contributed by atoms with Crippen molar-refractivity contribution in [3.05, 3.63) is 11.9 Å². The molecule has 0 saturated heterocycles. The van der Waals surface area contributed by atoms with Gasteiger partial charge >= 0.3 is 0 Å². The summed E-state index contributed by atoms with van der Waals surface area (Å²) < 4.78 is 23.5. The highest BCUT2D eigenvalue weighted by atomic mass is 32.2. The van der Waals surface area contributed by atoms with Crippen LogP contribution in [-0.4, -0.2) is 42.0 Å². The Kier molecular flexibility index (Phi) is 4.88. The fraction of sp³-hybridized carbons (Fsp3) is 0.778. The molecule has 92 valence electrons. The van der Waals surface area contributed by atoms with Crippen LogP contribution in [0.15, 0.2) is 6.20 Å². The fourth-order valence-electron chi connectivity index (χ4n) is 1.33. The lowest BCUT2D eigenvalue weighted by Crippen LogP contribution is -2.07. The highest BCUT2D eigenvalue weighted by Gasteiger charge is 2.03. The van der Waals surface area contributed by atoms with Crippen LogP contribution in [0.5, 0.6) is 0 Å². The van der Waals surface area contributed by atoms with E-state index in [-0.39, 0.29) is 5.75 Å². The number of hydrogen-bond acceptors (Lipinski definition) is 5. The van der Waals surface area contributed by atoms with Crippen LogP contribution in [0.3, 0.4) is 0 Å². The molecule has 0 unspecified atom stereocenters. The lowest BCUT2D eigenvalue weighted by molar-refractivity contribution is 0.564. The van der Waals surface area contributed by atoms with Crippen molar-refractivity contribution < 1.29 is 8.42 Å². The van der Waals surface area contributed by atoms with E-state index in [2.05, 4.69) is 10.3 Å². The van der Waals surface area contributed by atoms with Crippen molar-refractivity contribution in [2.75, 3.05) is 18.6 Å². The Morgan fingerprint density at radius 3 is 2.81 bits per heavy atom. The third kappa shape index (κ3) is 5.22. The highest BCUT2D eigenvalue weighted by molar-refractivity contribution is 7.90. The molecule has 0 spiro atoms. The maximum Gasteiger partial charge on any atom is 0.147 e. The number of nitrogens with zero attached hydrogens (tertiary/aromatic N) is 3. The highest BCUT2D eigenvalue weighted by Crippen LogP contribution is 1.99. The molecule has 1 aromatic heterocycles. The third-order valence-corrected chi connectivity index (χ3v) is 3.16. The molecule has 0 aromatic carbocycles. The van der Waals surface area contributed by atoms with Crippen molar-refractivity contribution >= 4 is 9.84 Å². The average Bonchev–Trinajstić information content (AvgIpc) is 2.61. The number of hydrogen-bond donors (Lipinski definition) is 1. The normalized spacial score (nSPS) is 11.9. The molecule has 0 fully saturated rings. The van der Waals surface area contributed by atoms with Gasteiger partial charge in [0.05, 0.1) is 11.4 Å². The molecule has 0 saturated carbocycles. The number of nitrogens with two attached hydrogens (primary N) is 1. The van der Waals surface area contributed by atoms with Gasteiger partial charge in [-0.15, -0.1) is 5.10 Å². The van der Waals surface area contributed by atoms with Crippen molar-refractivity contribution in [1.29, 1.82) is 0 Å². The van der Waals surface area contributed by atoms with Crippen LogP contribution in [-0.2, 0) is 22.8 Å². The first-order valence-electron chi connectivity index (χ1n) is 5.28. The van der Waals surface area contributed by atoms with Gasteiger partial charge in [-0.25, -0.2) is 8.42 Å². The quantitative estimate of drug-likeness (QED) is 0.707. The Bertz CT molecular complexity index is 413. The van der Waals surface area contributed by atoms with Crippen molar-refractivity contribution in [3.63, 3.8) is 0 Å². The van der Waals surface area contributed by atoms with E-state index in [4.69, 9.17) is 5.73 Å². The topological polar surface area (TPSA) is 90.9 Å². The Balaban J connectivity index is 2.35. The van der Waals surface area contributed by atoms with Gasteiger partial charge in [-0.3, -0.25) is 4.68 Å². The molecule has 16 heavy (non-hydrogen) atoms. The van der Waals surface area contributed by atoms with E-state index in [1.165, 1.54) is 6.26 Å². The molecule has 1 aromatic rings. The van der Waals surface area contributed by atoms with Gasteiger partial charge in [0.15, 0.2) is 0 Å². The molecule has 0 atom stereocenters. The Hall–Kier alpha value is -0.950. The first kappa shape index (κ1) is 13.1. The lowest BCUT2D eigenvalue weighted by Gasteiger charge is -1.98. The van der Waals surface area contributed by atoms with Crippen LogP contribution in [0.25, 0.3) is 0 Å². The van der Waals surface area contributed by atoms with Crippen molar-refractivity contribution in [2.24, 2.45) is 5.73 Å². The van der Waals surface area contributed by atoms with Gasteiger partial charge < -0.3 is 5.73 Å². The van der Waals surface area contributed by atoms with E-state index >= 15 is 0 Å². The molecule has 0 bridgehead atoms. The first-order valence-corrected chi connectivity index (χ1v) is 7.34. The maximum atomic E-state index is 10.9. The smallest absolute Gasteiger partial charge is 0.147 e. The minimum Gasteiger partial charge on any atom is -0.330 e. The molecule has 0 amide bonds. The van der Waals surface area contributed by atoms with Gasteiger partial charge in [0.25, 0.3) is 0 Å². The zero-order valence-electron chi connectivity index (χ0n) is 9.46. The maximum absolute atomic E-state index is 10.9. The molecule has 0 aliphatic heterocycles. The molecule has 0 aliphatic carbocycles. The second kappa shape index (κ2) is 5.95. The summed E-state index contributed by atoms with van der Waals surface area (Å²) in [6, 6.07) is 0. The summed E-state index contributed by atoms with van der Waals surface area (Å²) in [6.07, 6.45) is 5.36. The summed E-state index contributed by atoms with van der Waals surface area (Å²) in [5.41, 5.74) is 6.30. The Morgan fingerprint density at radius 1 is 1.44 bits per heavy atom. The van der Waals surface area contributed by atoms with Gasteiger partial charge in [-0.1, -0.05) is 5.21 Å². The van der Waals surface area contributed by atoms with Crippen LogP contribution in [0.4, 0.5) is 0 Å². The molecule has 1 heterocycles. The van der Waals surface area contributed by atoms with Crippen LogP contribution >= 0.6 is 0 Å². The SMILES string of the molecule is CS(=O)(=O)CCCn1cc(CCCN)nn1. The second-order valence-corrected chi connectivity index (χ2v) is 6.11. The van der Waals surface area contributed by atoms with Crippen LogP contribution < -0.4 is 5.73 Å². The average molecular weight is 246 g/mol. The summed E-state index contributed by atoms with van der Waals surface area (Å²) in [6.45, 7) is 1.23. The van der Waals surface area contributed by atoms with E-state index < -0.39 is 9.84 Å². The van der Waals surface area contributed by atoms with E-state index in [9.17, 15) is 8.42 Å². The summed E-state index contributed by atoms with van der Waals surface area (Å²) in [5.74, 6) is 0.186. The molecule has 0 aliphatic rings. The van der Waals surface area contributed by atoms with Gasteiger partial charge in [0, 0.05) is 19.0 Å². The third-order valence-electron chi connectivity index (χ3n) is 2.13. The zero-order chi connectivity index (χ0) is 12.0. The Morgan fingerprint density at radius 2 is 2.19 bits per heavy atom. The largest absolute Gasteiger partial charge is 0.330 e. The molecule has 0 radical (unpaired) electrons. The van der Waals surface area contributed by atoms with E-state index in [1.54, 1.807) is 4.68 Å². The van der Waals surface area contributed by atoms with Crippen LogP contribution in [0.2, 0.25) is 0 Å². The van der Waals surface area contributed by atoms with Crippen LogP contribution in [0.1, 0.15) is 18.5 Å². The van der Waals surface area contributed by atoms with E-state index in [0.717, 1.165) is 18.5 Å². The fourth-order valence-corrected chi connectivity index (χ4v) is 1.99. The molecule has 7 heteroatoms. The van der Waals surface area contributed by atoms with Crippen molar-refractivity contribution in [3.8, 4) is 0 Å². The van der Waals surface area contributed by atoms with Gasteiger partial charge in [-0.05, 0) is 25.8 Å². The standard InChI is InChI=1S/C9H18N4O2S/c1-16(14,15)7-3-6-13-8-9(11-12-13)4-2-5-10/h8H,2-7,10H2,1H3. The molecular formula is C9H18N4O2S. The van der Waals surface area contributed by atoms with Crippen molar-refractivity contribution in [2.45, 2.75) is 25.8 Å². The summed E-state index contributed by atoms with van der Waals surface area (Å²) >= 11 is 0. The number of sulfone groups is 1. The number of rotatable bonds is 7. The zero-order valence-corrected chi connectivity index (χ0v) is 10.3. The van der Waals surface area contributed by atoms with Crippen LogP contribution in [0, 0.1) is 0 Å². The first-order chi connectivity index (χ1) is 7.51. The molecular weight excluding hydrogens is 228 g/mol. The predicted octanol–water partition coefficient (Wildman–Crippen LogP) is -0.396. The molecule has 6 nitrogen and oxygen atoms in total. The molecule has 2 N–H and O–H groups in total. The summed E-state index contributed by atoms with van der Waals surface area (Å²) in [7, 11) is -2.88. The Labute approximate surface area is 95.7 Å². The number of aromatic nitrogens is 3. The number of aryl methyl sites for hydroxylation is 2. The van der Waals surface area contributed by atoms with Gasteiger partial charge in [0.2, 0.25) is 0 Å². The lowest BCUT2D eigenvalue weighted by atomic mass is 10.2. The summed E-state index contributed by atoms with van der Waals surface area (Å²) in [5, 5.41) is 7.90. The minimum absolute atomic E-state index is 0.186. The van der Waals surface area contributed by atoms with Gasteiger partial charge in [0.1, 0.15) is 9.84 Å². The monoisotopic (exact) mass is 246 g/mol. The minimum atomic E-state index is -2.88. The second-order valence-electron chi connectivity index (χ2n) is 3.85. The van der Waals surface area contributed by atoms with E-state index in [1.807, 2.05) is 6.20 Å². The van der Waals surface area contributed by atoms with E-state index in [0.29, 0.717) is 19.5 Å². The summed E-state index contributed by atoms with van der Waals surface area (Å²) in [4.78, 5) is 0. The van der Waals surface area contributed by atoms with Crippen molar-refractivity contribution in [1.82, 2.24) is 15.0 Å². The van der Waals surface area contributed by atoms with Gasteiger partial charge in [-0.2, -0.15) is 0 Å². The molecule has 1 rings (SSSR count).